The number of hydrogen-bond donors (Lipinski definition) is 3. The lowest BCUT2D eigenvalue weighted by molar-refractivity contribution is 0.100. The van der Waals surface area contributed by atoms with Crippen molar-refractivity contribution in [3.8, 4) is 6.07 Å². The number of carbonyl (C=O) groups is 1. The summed E-state index contributed by atoms with van der Waals surface area (Å²) in [6.45, 7) is 0. The molecule has 4 N–H and O–H groups in total. The quantitative estimate of drug-likeness (QED) is 0.762. The number of benzene rings is 1. The van der Waals surface area contributed by atoms with Crippen LogP contribution in [0.3, 0.4) is 0 Å². The van der Waals surface area contributed by atoms with E-state index in [1.54, 1.807) is 23.0 Å². The predicted octanol–water partition coefficient (Wildman–Crippen LogP) is 2.32. The van der Waals surface area contributed by atoms with Gasteiger partial charge in [-0.15, -0.1) is 0 Å². The highest BCUT2D eigenvalue weighted by Crippen LogP contribution is 2.34. The van der Waals surface area contributed by atoms with Crippen molar-refractivity contribution in [3.05, 3.63) is 41.8 Å². The molecule has 8 heteroatoms. The van der Waals surface area contributed by atoms with Crippen LogP contribution in [0.1, 0.15) is 35.7 Å². The van der Waals surface area contributed by atoms with Gasteiger partial charge in [0.15, 0.2) is 5.82 Å². The topological polar surface area (TPSA) is 109 Å². The minimum Gasteiger partial charge on any atom is -0.365 e. The van der Waals surface area contributed by atoms with Crippen molar-refractivity contribution < 1.29 is 9.18 Å². The maximum absolute atomic E-state index is 13.1. The monoisotopic (exact) mass is 356 g/mol. The summed E-state index contributed by atoms with van der Waals surface area (Å²) >= 11 is 0. The SMILES string of the molecule is CN[C@H]1CC[C@H](n2cc(C(N)=O)c(Nc3ccc(F)cc3)n2)[C@@H](C#N)C1. The molecule has 1 aliphatic carbocycles. The molecule has 0 aliphatic heterocycles. The van der Waals surface area contributed by atoms with Crippen LogP contribution in [0.2, 0.25) is 0 Å². The number of nitriles is 1. The fourth-order valence-electron chi connectivity index (χ4n) is 3.38. The summed E-state index contributed by atoms with van der Waals surface area (Å²) in [4.78, 5) is 11.8. The summed E-state index contributed by atoms with van der Waals surface area (Å²) in [5.74, 6) is -0.871. The Bertz CT molecular complexity index is 825. The molecule has 1 aromatic carbocycles. The molecule has 26 heavy (non-hydrogen) atoms. The molecule has 0 unspecified atom stereocenters. The molecule has 0 bridgehead atoms. The Kier molecular flexibility index (Phi) is 5.19. The van der Waals surface area contributed by atoms with E-state index in [4.69, 9.17) is 5.73 Å². The molecule has 1 saturated carbocycles. The smallest absolute Gasteiger partial charge is 0.254 e. The Labute approximate surface area is 151 Å². The van der Waals surface area contributed by atoms with Gasteiger partial charge < -0.3 is 16.4 Å². The van der Waals surface area contributed by atoms with Crippen molar-refractivity contribution >= 4 is 17.4 Å². The van der Waals surface area contributed by atoms with E-state index in [2.05, 4.69) is 21.8 Å². The zero-order valence-electron chi connectivity index (χ0n) is 14.4. The van der Waals surface area contributed by atoms with Crippen LogP contribution in [0, 0.1) is 23.1 Å². The van der Waals surface area contributed by atoms with Gasteiger partial charge >= 0.3 is 0 Å². The molecular weight excluding hydrogens is 335 g/mol. The largest absolute Gasteiger partial charge is 0.365 e. The first-order valence-corrected chi connectivity index (χ1v) is 8.50. The van der Waals surface area contributed by atoms with Crippen molar-refractivity contribution in [2.45, 2.75) is 31.3 Å². The van der Waals surface area contributed by atoms with Crippen LogP contribution in [-0.4, -0.2) is 28.8 Å². The number of rotatable bonds is 5. The van der Waals surface area contributed by atoms with Gasteiger partial charge in [0, 0.05) is 17.9 Å². The maximum Gasteiger partial charge on any atom is 0.254 e. The van der Waals surface area contributed by atoms with E-state index >= 15 is 0 Å². The predicted molar refractivity (Wildman–Crippen MR) is 95.3 cm³/mol. The maximum atomic E-state index is 13.1. The van der Waals surface area contributed by atoms with Gasteiger partial charge in [-0.1, -0.05) is 0 Å². The average Bonchev–Trinajstić information content (AvgIpc) is 3.07. The molecule has 3 rings (SSSR count). The van der Waals surface area contributed by atoms with Crippen molar-refractivity contribution in [1.82, 2.24) is 15.1 Å². The lowest BCUT2D eigenvalue weighted by atomic mass is 9.82. The number of halogens is 1. The third-order valence-electron chi connectivity index (χ3n) is 4.83. The third-order valence-corrected chi connectivity index (χ3v) is 4.83. The Hall–Kier alpha value is -2.92. The fraction of sp³-hybridized carbons (Fsp3) is 0.389. The molecule has 1 amide bonds. The zero-order chi connectivity index (χ0) is 18.7. The second-order valence-electron chi connectivity index (χ2n) is 6.47. The number of amides is 1. The summed E-state index contributed by atoms with van der Waals surface area (Å²) in [7, 11) is 1.89. The number of nitrogens with one attached hydrogen (secondary N) is 2. The Morgan fingerprint density at radius 3 is 2.73 bits per heavy atom. The third kappa shape index (κ3) is 3.68. The molecule has 1 aliphatic rings. The fourth-order valence-corrected chi connectivity index (χ4v) is 3.38. The molecule has 1 fully saturated rings. The Balaban J connectivity index is 1.88. The number of aromatic nitrogens is 2. The molecule has 1 aromatic heterocycles. The first-order chi connectivity index (χ1) is 12.5. The number of carbonyl (C=O) groups excluding carboxylic acids is 1. The highest BCUT2D eigenvalue weighted by Gasteiger charge is 2.32. The average molecular weight is 356 g/mol. The molecule has 0 spiro atoms. The molecule has 3 atom stereocenters. The highest BCUT2D eigenvalue weighted by atomic mass is 19.1. The minimum absolute atomic E-state index is 0.119. The summed E-state index contributed by atoms with van der Waals surface area (Å²) in [6, 6.07) is 8.27. The van der Waals surface area contributed by atoms with E-state index in [-0.39, 0.29) is 23.3 Å². The van der Waals surface area contributed by atoms with Crippen LogP contribution in [0.5, 0.6) is 0 Å². The lowest BCUT2D eigenvalue weighted by Crippen LogP contribution is -2.36. The van der Waals surface area contributed by atoms with Crippen LogP contribution in [0.25, 0.3) is 0 Å². The van der Waals surface area contributed by atoms with Gasteiger partial charge in [0.05, 0.1) is 18.0 Å². The lowest BCUT2D eigenvalue weighted by Gasteiger charge is -2.32. The van der Waals surface area contributed by atoms with Crippen molar-refractivity contribution in [3.63, 3.8) is 0 Å². The van der Waals surface area contributed by atoms with Crippen LogP contribution in [0.4, 0.5) is 15.9 Å². The molecule has 136 valence electrons. The normalized spacial score (nSPS) is 22.6. The summed E-state index contributed by atoms with van der Waals surface area (Å²) in [5, 5.41) is 20.2. The van der Waals surface area contributed by atoms with E-state index in [1.165, 1.54) is 12.1 Å². The van der Waals surface area contributed by atoms with Gasteiger partial charge in [0.2, 0.25) is 0 Å². The van der Waals surface area contributed by atoms with Gasteiger partial charge in [0.25, 0.3) is 5.91 Å². The van der Waals surface area contributed by atoms with E-state index in [9.17, 15) is 14.4 Å². The van der Waals surface area contributed by atoms with Gasteiger partial charge in [-0.05, 0) is 50.6 Å². The highest BCUT2D eigenvalue weighted by molar-refractivity contribution is 5.98. The summed E-state index contributed by atoms with van der Waals surface area (Å²) < 4.78 is 14.7. The first kappa shape index (κ1) is 17.9. The Morgan fingerprint density at radius 1 is 1.38 bits per heavy atom. The van der Waals surface area contributed by atoms with Crippen LogP contribution < -0.4 is 16.4 Å². The molecule has 7 nitrogen and oxygen atoms in total. The van der Waals surface area contributed by atoms with E-state index in [0.717, 1.165) is 19.3 Å². The molecular formula is C18H21FN6O. The standard InChI is InChI=1S/C18H21FN6O/c1-22-14-6-7-16(11(8-14)9-20)25-10-15(17(21)26)18(24-25)23-13-4-2-12(19)3-5-13/h2-5,10-11,14,16,22H,6-8H2,1H3,(H2,21,26)(H,23,24)/t11-,14+,16+/m1/s1. The summed E-state index contributed by atoms with van der Waals surface area (Å²) in [5.41, 5.74) is 6.31. The number of primary amides is 1. The van der Waals surface area contributed by atoms with Gasteiger partial charge in [-0.25, -0.2) is 4.39 Å². The Morgan fingerprint density at radius 2 is 2.12 bits per heavy atom. The first-order valence-electron chi connectivity index (χ1n) is 8.50. The van der Waals surface area contributed by atoms with Gasteiger partial charge in [0.1, 0.15) is 11.4 Å². The summed E-state index contributed by atoms with van der Waals surface area (Å²) in [6.07, 6.45) is 4.01. The second-order valence-corrected chi connectivity index (χ2v) is 6.47. The number of nitrogens with zero attached hydrogens (tertiary/aromatic N) is 3. The van der Waals surface area contributed by atoms with Gasteiger partial charge in [-0.3, -0.25) is 9.48 Å². The number of anilines is 2. The van der Waals surface area contributed by atoms with Crippen molar-refractivity contribution in [1.29, 1.82) is 5.26 Å². The molecule has 0 saturated heterocycles. The number of hydrogen-bond acceptors (Lipinski definition) is 5. The minimum atomic E-state index is -0.613. The van der Waals surface area contributed by atoms with E-state index in [1.807, 2.05) is 7.05 Å². The van der Waals surface area contributed by atoms with E-state index < -0.39 is 5.91 Å². The molecule has 0 radical (unpaired) electrons. The second kappa shape index (κ2) is 7.54. The molecule has 1 heterocycles. The van der Waals surface area contributed by atoms with Gasteiger partial charge in [-0.2, -0.15) is 10.4 Å². The van der Waals surface area contributed by atoms with E-state index in [0.29, 0.717) is 17.5 Å². The van der Waals surface area contributed by atoms with Crippen LogP contribution in [0.15, 0.2) is 30.5 Å². The van der Waals surface area contributed by atoms with Crippen molar-refractivity contribution in [2.24, 2.45) is 11.7 Å². The van der Waals surface area contributed by atoms with Crippen LogP contribution in [-0.2, 0) is 0 Å². The number of nitrogens with two attached hydrogens (primary N) is 1. The van der Waals surface area contributed by atoms with Crippen LogP contribution >= 0.6 is 0 Å². The molecule has 2 aromatic rings. The zero-order valence-corrected chi connectivity index (χ0v) is 14.4. The van der Waals surface area contributed by atoms with Crippen molar-refractivity contribution in [2.75, 3.05) is 12.4 Å².